The Bertz CT molecular complexity index is 361. The summed E-state index contributed by atoms with van der Waals surface area (Å²) in [4.78, 5) is 7.99. The predicted molar refractivity (Wildman–Crippen MR) is 67.7 cm³/mol. The number of hydrogen-bond acceptors (Lipinski definition) is 5. The van der Waals surface area contributed by atoms with Crippen LogP contribution in [0.1, 0.15) is 13.8 Å². The van der Waals surface area contributed by atoms with Crippen LogP contribution in [-0.4, -0.2) is 36.8 Å². The zero-order chi connectivity index (χ0) is 12.8. The van der Waals surface area contributed by atoms with Gasteiger partial charge in [-0.1, -0.05) is 25.4 Å². The van der Waals surface area contributed by atoms with Gasteiger partial charge in [0.05, 0.1) is 19.8 Å². The van der Waals surface area contributed by atoms with Crippen molar-refractivity contribution < 1.29 is 9.47 Å². The summed E-state index contributed by atoms with van der Waals surface area (Å²) >= 11 is 5.92. The average molecular weight is 260 g/mol. The third-order valence-electron chi connectivity index (χ3n) is 2.44. The highest BCUT2D eigenvalue weighted by molar-refractivity contribution is 6.31. The van der Waals surface area contributed by atoms with E-state index in [1.54, 1.807) is 7.11 Å². The van der Waals surface area contributed by atoms with E-state index in [0.29, 0.717) is 29.2 Å². The minimum absolute atomic E-state index is 0.139. The van der Waals surface area contributed by atoms with Crippen LogP contribution in [0.4, 0.5) is 5.82 Å². The van der Waals surface area contributed by atoms with Gasteiger partial charge in [-0.05, 0) is 5.92 Å². The van der Waals surface area contributed by atoms with Crippen molar-refractivity contribution in [2.75, 3.05) is 26.1 Å². The Morgan fingerprint density at radius 2 is 2.06 bits per heavy atom. The van der Waals surface area contributed by atoms with Crippen LogP contribution in [0.5, 0.6) is 5.75 Å². The molecule has 1 heterocycles. The maximum absolute atomic E-state index is 5.92. The van der Waals surface area contributed by atoms with E-state index in [9.17, 15) is 0 Å². The summed E-state index contributed by atoms with van der Waals surface area (Å²) < 4.78 is 10.3. The molecule has 1 atom stereocenters. The summed E-state index contributed by atoms with van der Waals surface area (Å²) in [6.45, 7) is 4.79. The number of hydrogen-bond donors (Lipinski definition) is 1. The molecule has 0 amide bonds. The topological polar surface area (TPSA) is 56.3 Å². The molecule has 6 heteroatoms. The van der Waals surface area contributed by atoms with Crippen molar-refractivity contribution in [3.05, 3.63) is 11.5 Å². The highest BCUT2D eigenvalue weighted by atomic mass is 35.5. The average Bonchev–Trinajstić information content (AvgIpc) is 2.28. The molecule has 17 heavy (non-hydrogen) atoms. The lowest BCUT2D eigenvalue weighted by atomic mass is 10.1. The molecule has 0 aromatic carbocycles. The maximum Gasteiger partial charge on any atom is 0.198 e. The predicted octanol–water partition coefficient (Wildman–Crippen LogP) is 2.22. The molecule has 0 aliphatic carbocycles. The summed E-state index contributed by atoms with van der Waals surface area (Å²) in [5.41, 5.74) is 0. The molecule has 0 spiro atoms. The molecule has 1 rings (SSSR count). The second-order valence-corrected chi connectivity index (χ2v) is 4.35. The van der Waals surface area contributed by atoms with Gasteiger partial charge < -0.3 is 14.8 Å². The fourth-order valence-electron chi connectivity index (χ4n) is 1.39. The number of nitrogens with one attached hydrogen (secondary N) is 1. The molecule has 5 nitrogen and oxygen atoms in total. The number of ether oxygens (including phenoxy) is 2. The van der Waals surface area contributed by atoms with Gasteiger partial charge in [0.25, 0.3) is 0 Å². The number of halogens is 1. The van der Waals surface area contributed by atoms with E-state index >= 15 is 0 Å². The lowest BCUT2D eigenvalue weighted by molar-refractivity contribution is 0.171. The van der Waals surface area contributed by atoms with Gasteiger partial charge in [0.1, 0.15) is 6.33 Å². The largest absolute Gasteiger partial charge is 0.490 e. The third-order valence-corrected chi connectivity index (χ3v) is 2.71. The molecular formula is C11H18ClN3O2. The van der Waals surface area contributed by atoms with Crippen LogP contribution in [-0.2, 0) is 4.74 Å². The smallest absolute Gasteiger partial charge is 0.198 e. The van der Waals surface area contributed by atoms with Crippen molar-refractivity contribution in [1.82, 2.24) is 9.97 Å². The molecule has 0 aliphatic rings. The molecule has 96 valence electrons. The normalized spacial score (nSPS) is 12.6. The molecule has 0 aliphatic heterocycles. The molecule has 0 fully saturated rings. The fourth-order valence-corrected chi connectivity index (χ4v) is 1.60. The Kier molecular flexibility index (Phi) is 5.44. The third kappa shape index (κ3) is 3.71. The van der Waals surface area contributed by atoms with Crippen LogP contribution >= 0.6 is 11.6 Å². The SMILES string of the molecule is COCC(Nc1ncnc(Cl)c1OC)C(C)C. The standard InChI is InChI=1S/C11H18ClN3O2/c1-7(2)8(5-16-3)15-11-9(17-4)10(12)13-6-14-11/h6-8H,5H2,1-4H3,(H,13,14,15). The van der Waals surface area contributed by atoms with Gasteiger partial charge >= 0.3 is 0 Å². The Labute approximate surface area is 107 Å². The monoisotopic (exact) mass is 259 g/mol. The maximum atomic E-state index is 5.92. The first-order chi connectivity index (χ1) is 8.10. The number of methoxy groups -OCH3 is 2. The number of anilines is 1. The second-order valence-electron chi connectivity index (χ2n) is 4.00. The Morgan fingerprint density at radius 1 is 1.35 bits per heavy atom. The number of nitrogens with zero attached hydrogens (tertiary/aromatic N) is 2. The number of aromatic nitrogens is 2. The fraction of sp³-hybridized carbons (Fsp3) is 0.636. The van der Waals surface area contributed by atoms with Crippen molar-refractivity contribution >= 4 is 17.4 Å². The summed E-state index contributed by atoms with van der Waals surface area (Å²) in [5, 5.41) is 3.55. The summed E-state index contributed by atoms with van der Waals surface area (Å²) in [5.74, 6) is 1.44. The van der Waals surface area contributed by atoms with Gasteiger partial charge in [0.15, 0.2) is 16.7 Å². The molecule has 0 bridgehead atoms. The van der Waals surface area contributed by atoms with E-state index in [2.05, 4.69) is 29.1 Å². The second kappa shape index (κ2) is 6.61. The minimum Gasteiger partial charge on any atom is -0.490 e. The van der Waals surface area contributed by atoms with Gasteiger partial charge in [-0.2, -0.15) is 0 Å². The van der Waals surface area contributed by atoms with Gasteiger partial charge in [-0.15, -0.1) is 0 Å². The Balaban J connectivity index is 2.88. The molecule has 1 aromatic rings. The van der Waals surface area contributed by atoms with Crippen molar-refractivity contribution in [1.29, 1.82) is 0 Å². The first-order valence-corrected chi connectivity index (χ1v) is 5.77. The van der Waals surface area contributed by atoms with E-state index < -0.39 is 0 Å². The van der Waals surface area contributed by atoms with Crippen molar-refractivity contribution in [2.45, 2.75) is 19.9 Å². The zero-order valence-electron chi connectivity index (χ0n) is 10.5. The highest BCUT2D eigenvalue weighted by Crippen LogP contribution is 2.29. The Hall–Kier alpha value is -1.07. The Morgan fingerprint density at radius 3 is 2.59 bits per heavy atom. The molecule has 1 aromatic heterocycles. The first kappa shape index (κ1) is 14.0. The van der Waals surface area contributed by atoms with E-state index in [4.69, 9.17) is 21.1 Å². The zero-order valence-corrected chi connectivity index (χ0v) is 11.3. The lowest BCUT2D eigenvalue weighted by Gasteiger charge is -2.23. The lowest BCUT2D eigenvalue weighted by Crippen LogP contribution is -2.31. The van der Waals surface area contributed by atoms with Crippen LogP contribution in [0.25, 0.3) is 0 Å². The van der Waals surface area contributed by atoms with Crippen molar-refractivity contribution in [2.24, 2.45) is 5.92 Å². The van der Waals surface area contributed by atoms with Crippen molar-refractivity contribution in [3.8, 4) is 5.75 Å². The summed E-state index contributed by atoms with van der Waals surface area (Å²) in [7, 11) is 3.21. The van der Waals surface area contributed by atoms with Gasteiger partial charge in [-0.3, -0.25) is 0 Å². The molecule has 0 radical (unpaired) electrons. The van der Waals surface area contributed by atoms with E-state index in [0.717, 1.165) is 0 Å². The van der Waals surface area contributed by atoms with Crippen LogP contribution in [0.3, 0.4) is 0 Å². The highest BCUT2D eigenvalue weighted by Gasteiger charge is 2.17. The number of rotatable bonds is 6. The first-order valence-electron chi connectivity index (χ1n) is 5.40. The van der Waals surface area contributed by atoms with Crippen LogP contribution in [0, 0.1) is 5.92 Å². The molecule has 0 saturated heterocycles. The van der Waals surface area contributed by atoms with E-state index in [1.165, 1.54) is 13.4 Å². The van der Waals surface area contributed by atoms with E-state index in [-0.39, 0.29) is 6.04 Å². The van der Waals surface area contributed by atoms with Crippen LogP contribution < -0.4 is 10.1 Å². The van der Waals surface area contributed by atoms with Crippen LogP contribution in [0.15, 0.2) is 6.33 Å². The van der Waals surface area contributed by atoms with Gasteiger partial charge in [0, 0.05) is 7.11 Å². The van der Waals surface area contributed by atoms with Gasteiger partial charge in [-0.25, -0.2) is 9.97 Å². The molecule has 1 N–H and O–H groups in total. The van der Waals surface area contributed by atoms with Gasteiger partial charge in [0.2, 0.25) is 0 Å². The van der Waals surface area contributed by atoms with E-state index in [1.807, 2.05) is 0 Å². The van der Waals surface area contributed by atoms with Crippen molar-refractivity contribution in [3.63, 3.8) is 0 Å². The summed E-state index contributed by atoms with van der Waals surface area (Å²) in [6.07, 6.45) is 1.40. The molecular weight excluding hydrogens is 242 g/mol. The molecule has 1 unspecified atom stereocenters. The summed E-state index contributed by atoms with van der Waals surface area (Å²) in [6, 6.07) is 0.139. The quantitative estimate of drug-likeness (QED) is 0.794. The minimum atomic E-state index is 0.139. The molecule has 0 saturated carbocycles. The van der Waals surface area contributed by atoms with Crippen LogP contribution in [0.2, 0.25) is 5.15 Å².